The molecule has 1 aliphatic heterocycles. The van der Waals surface area contributed by atoms with Gasteiger partial charge in [-0.1, -0.05) is 74.0 Å². The third-order valence-corrected chi connectivity index (χ3v) is 12.3. The molecule has 0 radical (unpaired) electrons. The molecular weight excluding hydrogens is 487 g/mol. The van der Waals surface area contributed by atoms with Gasteiger partial charge >= 0.3 is 35.6 Å². The van der Waals surface area contributed by atoms with Crippen LogP contribution in [0.5, 0.6) is 0 Å². The summed E-state index contributed by atoms with van der Waals surface area (Å²) in [7, 11) is 8.26. The number of aryl methyl sites for hydroxylation is 2. The molecule has 178 valence electrons. The van der Waals surface area contributed by atoms with Gasteiger partial charge in [-0.3, -0.25) is 0 Å². The molecule has 1 aromatic rings. The van der Waals surface area contributed by atoms with Crippen molar-refractivity contribution in [2.24, 2.45) is 17.8 Å². The Labute approximate surface area is 215 Å². The summed E-state index contributed by atoms with van der Waals surface area (Å²) in [6.07, 6.45) is 10.0. The van der Waals surface area contributed by atoms with Crippen molar-refractivity contribution in [1.29, 1.82) is 0 Å². The molecule has 1 heterocycles. The molecule has 32 heavy (non-hydrogen) atoms. The van der Waals surface area contributed by atoms with Crippen LogP contribution < -0.4 is 0 Å². The third kappa shape index (κ3) is 6.22. The average Bonchev–Trinajstić information content (AvgIpc) is 3.14. The first kappa shape index (κ1) is 28.4. The van der Waals surface area contributed by atoms with E-state index in [1.165, 1.54) is 42.6 Å². The molecule has 0 bridgehead atoms. The Hall–Kier alpha value is 0.131. The number of piperazine rings is 1. The molecule has 4 unspecified atom stereocenters. The number of rotatable bonds is 4. The fourth-order valence-electron chi connectivity index (χ4n) is 6.51. The Morgan fingerprint density at radius 2 is 1.69 bits per heavy atom. The van der Waals surface area contributed by atoms with Crippen LogP contribution in [0.2, 0.25) is 18.6 Å². The number of allylic oxidation sites excluding steroid dienone is 4. The van der Waals surface area contributed by atoms with Gasteiger partial charge < -0.3 is 17.3 Å². The van der Waals surface area contributed by atoms with Gasteiger partial charge in [0.2, 0.25) is 0 Å². The van der Waals surface area contributed by atoms with Crippen LogP contribution in [0.25, 0.3) is 10.9 Å². The second-order valence-corrected chi connectivity index (χ2v) is 17.1. The van der Waals surface area contributed by atoms with Crippen molar-refractivity contribution < 1.29 is 17.0 Å². The van der Waals surface area contributed by atoms with Gasteiger partial charge in [0.1, 0.15) is 8.24 Å². The van der Waals surface area contributed by atoms with Gasteiger partial charge in [-0.25, -0.2) is 0 Å². The topological polar surface area (TPSA) is 17.3 Å². The van der Waals surface area contributed by atoms with Crippen molar-refractivity contribution in [3.05, 3.63) is 65.9 Å². The monoisotopic (exact) mass is 526 g/mol. The maximum atomic E-state index is 4.89. The maximum absolute atomic E-state index is 4.89. The Morgan fingerprint density at radius 3 is 2.25 bits per heavy atom. The summed E-state index contributed by atoms with van der Waals surface area (Å²) in [5.41, 5.74) is 6.68. The van der Waals surface area contributed by atoms with E-state index in [1.807, 2.05) is 0 Å². The molecule has 4 rings (SSSR count). The van der Waals surface area contributed by atoms with E-state index in [0.29, 0.717) is 11.8 Å². The summed E-state index contributed by atoms with van der Waals surface area (Å²) in [4.78, 5) is 0. The minimum atomic E-state index is -1.52. The van der Waals surface area contributed by atoms with Crippen molar-refractivity contribution in [3.8, 4) is 0 Å². The van der Waals surface area contributed by atoms with Crippen LogP contribution in [-0.2, 0) is 17.0 Å². The van der Waals surface area contributed by atoms with Crippen LogP contribution in [0.1, 0.15) is 36.5 Å². The summed E-state index contributed by atoms with van der Waals surface area (Å²) in [5, 5.41) is 4.61. The van der Waals surface area contributed by atoms with E-state index >= 15 is 0 Å². The molecule has 2 fully saturated rings. The van der Waals surface area contributed by atoms with Crippen molar-refractivity contribution >= 4 is 32.4 Å². The summed E-state index contributed by atoms with van der Waals surface area (Å²) in [6.45, 7) is 16.6. The van der Waals surface area contributed by atoms with E-state index in [0.717, 1.165) is 24.5 Å². The molecule has 0 amide bonds. The zero-order chi connectivity index (χ0) is 22.6. The first-order valence-corrected chi connectivity index (χ1v) is 19.0. The van der Waals surface area contributed by atoms with E-state index in [4.69, 9.17) is 18.6 Å². The van der Waals surface area contributed by atoms with Crippen LogP contribution in [0.15, 0.2) is 36.4 Å². The minimum absolute atomic E-state index is 0. The van der Waals surface area contributed by atoms with Gasteiger partial charge in [-0.2, -0.15) is 0 Å². The molecule has 6 heteroatoms. The van der Waals surface area contributed by atoms with Crippen molar-refractivity contribution in [1.82, 2.24) is 4.57 Å². The molecule has 1 aromatic carbocycles. The number of hydrogen-bond donors (Lipinski definition) is 0. The second-order valence-electron chi connectivity index (χ2n) is 9.88. The second kappa shape index (κ2) is 12.7. The molecule has 2 aliphatic carbocycles. The van der Waals surface area contributed by atoms with Crippen LogP contribution in [0.4, 0.5) is 0 Å². The molecule has 0 N–H and O–H groups in total. The fourth-order valence-corrected chi connectivity index (χ4v) is 11.1. The van der Waals surface area contributed by atoms with E-state index in [2.05, 4.69) is 80.2 Å². The average molecular weight is 527 g/mol. The fraction of sp³-hybridized carbons (Fsp3) is 0.577. The number of hydrogen-bond acceptors (Lipinski definition) is 1. The molecule has 1 saturated heterocycles. The van der Waals surface area contributed by atoms with Gasteiger partial charge in [-0.05, 0) is 67.8 Å². The molecule has 4 atom stereocenters. The zero-order valence-corrected chi connectivity index (χ0v) is 24.7. The molecule has 0 spiro atoms. The van der Waals surface area contributed by atoms with Gasteiger partial charge in [0.15, 0.2) is 0 Å². The molecule has 2 nitrogen and oxygen atoms in total. The normalized spacial score (nSPS) is 27.5. The van der Waals surface area contributed by atoms with Crippen molar-refractivity contribution in [3.63, 3.8) is 0 Å². The number of halogens is 2. The Balaban J connectivity index is 0.000000860. The SMILES string of the molecule is CCC1CC2C(c3cc(C)cc(C)c3)=CC=CC2C1[Si](C)(C)N1CC[N-]CC1.[CH3-].[Cl][Ti][Cl]. The van der Waals surface area contributed by atoms with E-state index < -0.39 is 25.3 Å². The standard InChI is InChI=1S/C25H37N2Si.CH3.2ClH.Ti/c1-6-20-17-24-22(21-15-18(2)14-19(3)16-21)8-7-9-23(24)25(20)28(4,5)27-12-10-26-11-13-27;;;;/h7-9,14-16,20,23-25H,6,10-13,17H2,1-5H3;1H3;2*1H;/q2*-1;;;+2/p-2. The van der Waals surface area contributed by atoms with Gasteiger partial charge in [0, 0.05) is 0 Å². The van der Waals surface area contributed by atoms with E-state index in [-0.39, 0.29) is 7.43 Å². The van der Waals surface area contributed by atoms with Gasteiger partial charge in [0.25, 0.3) is 0 Å². The Bertz CT molecular complexity index is 785. The Kier molecular flexibility index (Phi) is 11.3. The summed E-state index contributed by atoms with van der Waals surface area (Å²) in [6, 6.07) is 7.10. The number of benzene rings is 1. The van der Waals surface area contributed by atoms with E-state index in [9.17, 15) is 0 Å². The van der Waals surface area contributed by atoms with Gasteiger partial charge in [0.05, 0.1) is 0 Å². The van der Waals surface area contributed by atoms with Crippen molar-refractivity contribution in [2.75, 3.05) is 26.2 Å². The molecule has 1 saturated carbocycles. The van der Waals surface area contributed by atoms with Gasteiger partial charge in [-0.15, -0.1) is 13.1 Å². The Morgan fingerprint density at radius 1 is 1.09 bits per heavy atom. The summed E-state index contributed by atoms with van der Waals surface area (Å²) < 4.78 is 2.87. The van der Waals surface area contributed by atoms with E-state index in [1.54, 1.807) is 5.57 Å². The number of nitrogens with zero attached hydrogens (tertiary/aromatic N) is 2. The molecule has 3 aliphatic rings. The predicted molar refractivity (Wildman–Crippen MR) is 142 cm³/mol. The molecule has 0 aromatic heterocycles. The van der Waals surface area contributed by atoms with Crippen LogP contribution in [0.3, 0.4) is 0 Å². The van der Waals surface area contributed by atoms with Crippen LogP contribution in [0, 0.1) is 39.0 Å². The quantitative estimate of drug-likeness (QED) is 0.286. The zero-order valence-electron chi connectivity index (χ0n) is 20.7. The first-order chi connectivity index (χ1) is 14.8. The van der Waals surface area contributed by atoms with Crippen LogP contribution in [-0.4, -0.2) is 39.0 Å². The summed E-state index contributed by atoms with van der Waals surface area (Å²) >= 11 is -0.556. The predicted octanol–water partition coefficient (Wildman–Crippen LogP) is 8.01. The van der Waals surface area contributed by atoms with Crippen LogP contribution >= 0.6 is 18.6 Å². The first-order valence-electron chi connectivity index (χ1n) is 11.6. The molecular formula is C26H40Cl2N2SiTi-2. The third-order valence-electron chi connectivity index (χ3n) is 7.72. The number of fused-ring (bicyclic) bond motifs is 1. The van der Waals surface area contributed by atoms with Crippen molar-refractivity contribution in [2.45, 2.75) is 52.2 Å². The summed E-state index contributed by atoms with van der Waals surface area (Å²) in [5.74, 6) is 2.27.